The lowest BCUT2D eigenvalue weighted by Gasteiger charge is -2.03. The largest absolute Gasteiger partial charge is 0.443 e. The fourth-order valence-corrected chi connectivity index (χ4v) is 2.18. The van der Waals surface area contributed by atoms with Crippen molar-refractivity contribution in [3.8, 4) is 23.4 Å². The van der Waals surface area contributed by atoms with Crippen LogP contribution in [0.5, 0.6) is 0 Å². The van der Waals surface area contributed by atoms with E-state index < -0.39 is 11.2 Å². The molecule has 0 atom stereocenters. The molecular formula is C13H6F3N5S. The highest BCUT2D eigenvalue weighted by Gasteiger charge is 2.34. The van der Waals surface area contributed by atoms with Gasteiger partial charge in [-0.2, -0.15) is 28.8 Å². The van der Waals surface area contributed by atoms with Crippen molar-refractivity contribution in [2.24, 2.45) is 5.10 Å². The van der Waals surface area contributed by atoms with Crippen LogP contribution in [0.25, 0.3) is 11.3 Å². The number of nitrogens with zero attached hydrogens (tertiary/aromatic N) is 4. The van der Waals surface area contributed by atoms with Crippen LogP contribution in [0.1, 0.15) is 5.01 Å². The summed E-state index contributed by atoms with van der Waals surface area (Å²) in [6, 6.07) is 9.46. The highest BCUT2D eigenvalue weighted by atomic mass is 32.1. The number of anilines is 1. The van der Waals surface area contributed by atoms with Gasteiger partial charge in [0.05, 0.1) is 11.4 Å². The van der Waals surface area contributed by atoms with E-state index >= 15 is 0 Å². The van der Waals surface area contributed by atoms with Crippen molar-refractivity contribution in [2.45, 2.75) is 6.18 Å². The fourth-order valence-electron chi connectivity index (χ4n) is 1.48. The number of nitrogens with one attached hydrogen (secondary N) is 1. The second-order valence-electron chi connectivity index (χ2n) is 3.91. The third-order valence-corrected chi connectivity index (χ3v) is 3.30. The average Bonchev–Trinajstić information content (AvgIpc) is 2.99. The Balaban J connectivity index is 2.26. The Morgan fingerprint density at radius 1 is 1.27 bits per heavy atom. The number of alkyl halides is 3. The molecule has 0 aliphatic heterocycles. The summed E-state index contributed by atoms with van der Waals surface area (Å²) in [5.74, 6) is 0. The van der Waals surface area contributed by atoms with Crippen molar-refractivity contribution in [2.75, 3.05) is 5.43 Å². The third-order valence-electron chi connectivity index (χ3n) is 2.41. The van der Waals surface area contributed by atoms with Crippen molar-refractivity contribution in [3.05, 3.63) is 34.7 Å². The molecule has 0 unspecified atom stereocenters. The molecule has 0 saturated carbocycles. The molecule has 110 valence electrons. The predicted octanol–water partition coefficient (Wildman–Crippen LogP) is 3.64. The van der Waals surface area contributed by atoms with Gasteiger partial charge in [0.2, 0.25) is 5.71 Å². The van der Waals surface area contributed by atoms with Crippen molar-refractivity contribution in [3.63, 3.8) is 0 Å². The quantitative estimate of drug-likeness (QED) is 0.691. The number of halogens is 3. The minimum absolute atomic E-state index is 0.186. The molecule has 0 radical (unpaired) electrons. The van der Waals surface area contributed by atoms with Gasteiger partial charge in [-0.05, 0) is 12.1 Å². The second-order valence-corrected chi connectivity index (χ2v) is 4.77. The zero-order chi connectivity index (χ0) is 16.2. The van der Waals surface area contributed by atoms with Crippen LogP contribution in [0.4, 0.5) is 18.9 Å². The van der Waals surface area contributed by atoms with Crippen molar-refractivity contribution < 1.29 is 13.2 Å². The molecular weight excluding hydrogens is 315 g/mol. The van der Waals surface area contributed by atoms with E-state index in [9.17, 15) is 13.2 Å². The Morgan fingerprint density at radius 3 is 2.59 bits per heavy atom. The summed E-state index contributed by atoms with van der Waals surface area (Å²) in [5, 5.41) is 21.1. The molecule has 0 aliphatic carbocycles. The minimum Gasteiger partial charge on any atom is -0.276 e. The summed E-state index contributed by atoms with van der Waals surface area (Å²) >= 11 is 0.512. The van der Waals surface area contributed by atoms with Crippen LogP contribution in [-0.4, -0.2) is 10.7 Å². The van der Waals surface area contributed by atoms with Crippen LogP contribution < -0.4 is 5.43 Å². The highest BCUT2D eigenvalue weighted by Crippen LogP contribution is 2.34. The van der Waals surface area contributed by atoms with Gasteiger partial charge in [0.15, 0.2) is 5.01 Å². The summed E-state index contributed by atoms with van der Waals surface area (Å²) in [4.78, 5) is 3.55. The third kappa shape index (κ3) is 3.59. The summed E-state index contributed by atoms with van der Waals surface area (Å²) in [5.41, 5.74) is 3.19. The fraction of sp³-hybridized carbons (Fsp3) is 0.0769. The van der Waals surface area contributed by atoms with Gasteiger partial charge in [0.1, 0.15) is 12.1 Å². The normalized spacial score (nSPS) is 10.4. The molecule has 0 bridgehead atoms. The van der Waals surface area contributed by atoms with Gasteiger partial charge in [0, 0.05) is 10.9 Å². The van der Waals surface area contributed by atoms with E-state index in [4.69, 9.17) is 10.5 Å². The number of thiazole rings is 1. The molecule has 1 aromatic carbocycles. The van der Waals surface area contributed by atoms with Gasteiger partial charge < -0.3 is 0 Å². The van der Waals surface area contributed by atoms with Crippen LogP contribution in [0.2, 0.25) is 0 Å². The molecule has 1 N–H and O–H groups in total. The Labute approximate surface area is 127 Å². The van der Waals surface area contributed by atoms with E-state index in [1.165, 1.54) is 11.4 Å². The van der Waals surface area contributed by atoms with E-state index in [1.54, 1.807) is 30.3 Å². The van der Waals surface area contributed by atoms with Gasteiger partial charge in [-0.3, -0.25) is 5.43 Å². The van der Waals surface area contributed by atoms with Crippen LogP contribution in [0.3, 0.4) is 0 Å². The van der Waals surface area contributed by atoms with Crippen LogP contribution in [0.15, 0.2) is 34.7 Å². The second kappa shape index (κ2) is 6.24. The maximum atomic E-state index is 12.5. The Bertz CT molecular complexity index is 779. The summed E-state index contributed by atoms with van der Waals surface area (Å²) in [6.07, 6.45) is -4.47. The minimum atomic E-state index is -4.47. The molecule has 1 heterocycles. The predicted molar refractivity (Wildman–Crippen MR) is 74.8 cm³/mol. The molecule has 0 spiro atoms. The molecule has 9 heteroatoms. The molecule has 22 heavy (non-hydrogen) atoms. The zero-order valence-electron chi connectivity index (χ0n) is 10.7. The molecule has 0 fully saturated rings. The Kier molecular flexibility index (Phi) is 4.39. The van der Waals surface area contributed by atoms with Crippen molar-refractivity contribution in [1.82, 2.24) is 4.98 Å². The number of nitriles is 2. The first-order chi connectivity index (χ1) is 10.4. The Morgan fingerprint density at radius 2 is 2.00 bits per heavy atom. The van der Waals surface area contributed by atoms with E-state index in [0.29, 0.717) is 22.6 Å². The number of aromatic nitrogens is 1. The number of hydrogen-bond donors (Lipinski definition) is 1. The molecule has 2 aromatic rings. The highest BCUT2D eigenvalue weighted by molar-refractivity contribution is 7.10. The molecule has 2 rings (SSSR count). The molecule has 0 aliphatic rings. The van der Waals surface area contributed by atoms with Crippen LogP contribution in [0, 0.1) is 22.7 Å². The molecule has 1 aromatic heterocycles. The molecule has 0 amide bonds. The van der Waals surface area contributed by atoms with Crippen LogP contribution in [-0.2, 0) is 6.18 Å². The van der Waals surface area contributed by atoms with Crippen molar-refractivity contribution >= 4 is 22.7 Å². The van der Waals surface area contributed by atoms with E-state index in [1.807, 2.05) is 0 Å². The first kappa shape index (κ1) is 15.5. The monoisotopic (exact) mass is 321 g/mol. The van der Waals surface area contributed by atoms with Gasteiger partial charge in [-0.1, -0.05) is 12.1 Å². The van der Waals surface area contributed by atoms with Gasteiger partial charge in [-0.25, -0.2) is 4.98 Å². The first-order valence-electron chi connectivity index (χ1n) is 5.71. The number of benzene rings is 1. The average molecular weight is 321 g/mol. The molecule has 0 saturated heterocycles. The summed E-state index contributed by atoms with van der Waals surface area (Å²) in [6.45, 7) is 0. The lowest BCUT2D eigenvalue weighted by atomic mass is 10.1. The van der Waals surface area contributed by atoms with Crippen LogP contribution >= 0.6 is 11.3 Å². The lowest BCUT2D eigenvalue weighted by Crippen LogP contribution is -2.03. The topological polar surface area (TPSA) is 84.9 Å². The summed E-state index contributed by atoms with van der Waals surface area (Å²) < 4.78 is 37.6. The number of rotatable bonds is 3. The van der Waals surface area contributed by atoms with Crippen molar-refractivity contribution in [1.29, 1.82) is 10.5 Å². The van der Waals surface area contributed by atoms with E-state index in [-0.39, 0.29) is 11.4 Å². The van der Waals surface area contributed by atoms with Gasteiger partial charge >= 0.3 is 6.18 Å². The smallest absolute Gasteiger partial charge is 0.276 e. The SMILES string of the molecule is N#CC(C#N)=NNc1cccc(-c2csc(C(F)(F)F)n2)c1. The van der Waals surface area contributed by atoms with Gasteiger partial charge in [0.25, 0.3) is 0 Å². The standard InChI is InChI=1S/C13H6F3N5S/c14-13(15,16)12-19-11(7-22-12)8-2-1-3-9(4-8)20-21-10(5-17)6-18/h1-4,7,20H. The summed E-state index contributed by atoms with van der Waals surface area (Å²) in [7, 11) is 0. The van der Waals surface area contributed by atoms with E-state index in [0.717, 1.165) is 0 Å². The maximum Gasteiger partial charge on any atom is 0.443 e. The van der Waals surface area contributed by atoms with Gasteiger partial charge in [-0.15, -0.1) is 11.3 Å². The first-order valence-corrected chi connectivity index (χ1v) is 6.59. The lowest BCUT2D eigenvalue weighted by molar-refractivity contribution is -0.137. The Hall–Kier alpha value is -2.91. The molecule has 5 nitrogen and oxygen atoms in total. The maximum absolute atomic E-state index is 12.5. The van der Waals surface area contributed by atoms with E-state index in [2.05, 4.69) is 15.5 Å². The number of hydrogen-bond acceptors (Lipinski definition) is 6. The zero-order valence-corrected chi connectivity index (χ0v) is 11.5. The number of hydrazone groups is 1.